The number of ketones is 2. The van der Waals surface area contributed by atoms with Gasteiger partial charge in [0.15, 0.2) is 12.1 Å². The van der Waals surface area contributed by atoms with Gasteiger partial charge in [0.25, 0.3) is 0 Å². The summed E-state index contributed by atoms with van der Waals surface area (Å²) in [4.78, 5) is 26.9. The quantitative estimate of drug-likeness (QED) is 0.265. The van der Waals surface area contributed by atoms with E-state index in [1.54, 1.807) is 0 Å². The Bertz CT molecular complexity index is 1350. The van der Waals surface area contributed by atoms with Crippen molar-refractivity contribution in [2.45, 2.75) is 68.8 Å². The van der Waals surface area contributed by atoms with E-state index < -0.39 is 77.3 Å². The largest absolute Gasteiger partial charge is 0.508 e. The van der Waals surface area contributed by atoms with Crippen LogP contribution in [0.5, 0.6) is 17.2 Å². The van der Waals surface area contributed by atoms with Gasteiger partial charge in [0.05, 0.1) is 22.8 Å². The molecule has 1 fully saturated rings. The fourth-order valence-corrected chi connectivity index (χ4v) is 5.90. The van der Waals surface area contributed by atoms with Crippen LogP contribution in [0.2, 0.25) is 0 Å². The molecule has 39 heavy (non-hydrogen) atoms. The standard InChI is InChI=1S/C27H30O12/c1-9-18(30)22(34)24(36-3)26(38-9)39-23-15-10(8-27(2,35)25(23)37-4)5-12-17(20(15)32)21(33)16-13(19(12)31)6-11(28)7-14(16)29/h5-7,9,18,22-26,28-30,32,34-35H,8H2,1-4H3/t9-,18-,22+,23?,24+,25?,26-,27?/m0/s1. The van der Waals surface area contributed by atoms with Crippen LogP contribution < -0.4 is 0 Å². The molecule has 3 unspecified atom stereocenters. The second kappa shape index (κ2) is 9.52. The number of carbonyl (C=O) groups excluding carboxylic acids is 2. The van der Waals surface area contributed by atoms with Gasteiger partial charge in [-0.2, -0.15) is 0 Å². The molecule has 2 aliphatic carbocycles. The molecule has 12 heteroatoms. The van der Waals surface area contributed by atoms with Gasteiger partial charge < -0.3 is 49.6 Å². The normalized spacial score (nSPS) is 33.9. The topological polar surface area (TPSA) is 192 Å². The molecule has 1 heterocycles. The second-order valence-electron chi connectivity index (χ2n) is 10.4. The predicted molar refractivity (Wildman–Crippen MR) is 131 cm³/mol. The lowest BCUT2D eigenvalue weighted by Crippen LogP contribution is -2.59. The molecule has 0 amide bonds. The Hall–Kier alpha value is -3.10. The third-order valence-electron chi connectivity index (χ3n) is 7.78. The van der Waals surface area contributed by atoms with Crippen molar-refractivity contribution in [1.82, 2.24) is 0 Å². The summed E-state index contributed by atoms with van der Waals surface area (Å²) in [5, 5.41) is 63.9. The van der Waals surface area contributed by atoms with Crippen molar-refractivity contribution in [2.24, 2.45) is 0 Å². The van der Waals surface area contributed by atoms with Crippen molar-refractivity contribution >= 4 is 11.6 Å². The molecule has 2 aromatic rings. The van der Waals surface area contributed by atoms with Gasteiger partial charge in [-0.3, -0.25) is 9.59 Å². The molecule has 0 aromatic heterocycles. The predicted octanol–water partition coefficient (Wildman–Crippen LogP) is 0.440. The zero-order chi connectivity index (χ0) is 28.5. The Morgan fingerprint density at radius 2 is 1.62 bits per heavy atom. The summed E-state index contributed by atoms with van der Waals surface area (Å²) in [6, 6.07) is 3.34. The molecule has 8 atom stereocenters. The van der Waals surface area contributed by atoms with Crippen LogP contribution >= 0.6 is 0 Å². The molecule has 0 saturated carbocycles. The van der Waals surface area contributed by atoms with Crippen LogP contribution in [0.25, 0.3) is 0 Å². The van der Waals surface area contributed by atoms with Gasteiger partial charge in [-0.05, 0) is 31.5 Å². The number of phenolic OH excluding ortho intramolecular Hbond substituents is 3. The number of carbonyl (C=O) groups is 2. The molecular weight excluding hydrogens is 516 g/mol. The average Bonchev–Trinajstić information content (AvgIpc) is 2.84. The first-order valence-electron chi connectivity index (χ1n) is 12.3. The summed E-state index contributed by atoms with van der Waals surface area (Å²) in [5.41, 5.74) is -2.42. The van der Waals surface area contributed by atoms with E-state index in [4.69, 9.17) is 18.9 Å². The highest BCUT2D eigenvalue weighted by molar-refractivity contribution is 6.30. The van der Waals surface area contributed by atoms with Crippen molar-refractivity contribution in [1.29, 1.82) is 0 Å². The maximum Gasteiger partial charge on any atom is 0.201 e. The van der Waals surface area contributed by atoms with Gasteiger partial charge in [-0.1, -0.05) is 0 Å². The van der Waals surface area contributed by atoms with E-state index in [9.17, 15) is 40.2 Å². The number of phenols is 3. The average molecular weight is 547 g/mol. The van der Waals surface area contributed by atoms with E-state index in [0.29, 0.717) is 0 Å². The first-order chi connectivity index (χ1) is 18.3. The molecule has 0 radical (unpaired) electrons. The fraction of sp³-hybridized carbons (Fsp3) is 0.481. The minimum absolute atomic E-state index is 0.0433. The SMILES string of the molecule is COC1C(O[C@@H]2O[C@@H](C)[C@H](O)[C@@H](O)[C@H]2OC)c2c(cc3c(c2O)C(=O)c2c(O)cc(O)cc2C3=O)CC1(C)O. The molecule has 2 aromatic carbocycles. The molecule has 3 aliphatic rings. The van der Waals surface area contributed by atoms with Crippen molar-refractivity contribution in [3.05, 3.63) is 51.6 Å². The van der Waals surface area contributed by atoms with Gasteiger partial charge in [0, 0.05) is 43.4 Å². The minimum atomic E-state index is -1.59. The zero-order valence-corrected chi connectivity index (χ0v) is 21.6. The molecule has 5 rings (SSSR count). The first kappa shape index (κ1) is 27.5. The Morgan fingerprint density at radius 3 is 2.26 bits per heavy atom. The van der Waals surface area contributed by atoms with Crippen LogP contribution in [0, 0.1) is 0 Å². The van der Waals surface area contributed by atoms with Crippen LogP contribution in [0.1, 0.15) is 62.9 Å². The number of hydrogen-bond donors (Lipinski definition) is 6. The number of ether oxygens (including phenoxy) is 4. The van der Waals surface area contributed by atoms with Crippen molar-refractivity contribution in [3.63, 3.8) is 0 Å². The Labute approximate surface area is 222 Å². The number of aliphatic hydroxyl groups excluding tert-OH is 2. The van der Waals surface area contributed by atoms with Gasteiger partial charge in [0.2, 0.25) is 5.78 Å². The molecule has 6 N–H and O–H groups in total. The van der Waals surface area contributed by atoms with E-state index in [1.165, 1.54) is 34.1 Å². The highest BCUT2D eigenvalue weighted by atomic mass is 16.7. The maximum absolute atomic E-state index is 13.5. The number of methoxy groups -OCH3 is 2. The summed E-state index contributed by atoms with van der Waals surface area (Å²) in [5.74, 6) is -3.22. The van der Waals surface area contributed by atoms with Crippen LogP contribution in [-0.2, 0) is 25.4 Å². The summed E-state index contributed by atoms with van der Waals surface area (Å²) in [7, 11) is 2.61. The number of benzene rings is 2. The summed E-state index contributed by atoms with van der Waals surface area (Å²) < 4.78 is 22.9. The van der Waals surface area contributed by atoms with E-state index in [-0.39, 0.29) is 39.8 Å². The lowest BCUT2D eigenvalue weighted by atomic mass is 9.73. The number of aromatic hydroxyl groups is 3. The van der Waals surface area contributed by atoms with E-state index in [2.05, 4.69) is 0 Å². The molecule has 0 spiro atoms. The highest BCUT2D eigenvalue weighted by Gasteiger charge is 2.52. The number of fused-ring (bicyclic) bond motifs is 3. The second-order valence-corrected chi connectivity index (χ2v) is 10.4. The van der Waals surface area contributed by atoms with Crippen molar-refractivity contribution in [3.8, 4) is 17.2 Å². The molecule has 12 nitrogen and oxygen atoms in total. The van der Waals surface area contributed by atoms with Gasteiger partial charge in [-0.15, -0.1) is 0 Å². The van der Waals surface area contributed by atoms with E-state index >= 15 is 0 Å². The third-order valence-corrected chi connectivity index (χ3v) is 7.78. The van der Waals surface area contributed by atoms with Crippen LogP contribution in [0.3, 0.4) is 0 Å². The van der Waals surface area contributed by atoms with E-state index in [0.717, 1.165) is 12.1 Å². The summed E-state index contributed by atoms with van der Waals surface area (Å²) in [6.45, 7) is 3.00. The zero-order valence-electron chi connectivity index (χ0n) is 21.6. The van der Waals surface area contributed by atoms with Crippen molar-refractivity contribution < 1.29 is 59.2 Å². The van der Waals surface area contributed by atoms with Crippen LogP contribution in [0.15, 0.2) is 18.2 Å². The van der Waals surface area contributed by atoms with Gasteiger partial charge >= 0.3 is 0 Å². The molecular formula is C27H30O12. The highest BCUT2D eigenvalue weighted by Crippen LogP contribution is 2.49. The molecule has 210 valence electrons. The van der Waals surface area contributed by atoms with Crippen molar-refractivity contribution in [2.75, 3.05) is 14.2 Å². The van der Waals surface area contributed by atoms with E-state index in [1.807, 2.05) is 0 Å². The Morgan fingerprint density at radius 1 is 0.949 bits per heavy atom. The minimum Gasteiger partial charge on any atom is -0.508 e. The number of hydrogen-bond acceptors (Lipinski definition) is 12. The fourth-order valence-electron chi connectivity index (χ4n) is 5.90. The maximum atomic E-state index is 13.5. The molecule has 1 saturated heterocycles. The van der Waals surface area contributed by atoms with Gasteiger partial charge in [0.1, 0.15) is 47.8 Å². The third kappa shape index (κ3) is 4.11. The Balaban J connectivity index is 1.67. The summed E-state index contributed by atoms with van der Waals surface area (Å²) >= 11 is 0. The Kier molecular flexibility index (Phi) is 6.71. The van der Waals surface area contributed by atoms with Gasteiger partial charge in [-0.25, -0.2) is 0 Å². The van der Waals surface area contributed by atoms with Crippen LogP contribution in [-0.4, -0.2) is 98.8 Å². The lowest BCUT2D eigenvalue weighted by Gasteiger charge is -2.47. The first-order valence-corrected chi connectivity index (χ1v) is 12.3. The summed E-state index contributed by atoms with van der Waals surface area (Å²) in [6.07, 6.45) is -8.51. The monoisotopic (exact) mass is 546 g/mol. The molecule has 0 bridgehead atoms. The van der Waals surface area contributed by atoms with Crippen LogP contribution in [0.4, 0.5) is 0 Å². The molecule has 1 aliphatic heterocycles. The smallest absolute Gasteiger partial charge is 0.201 e. The number of aliphatic hydroxyl groups is 3. The lowest BCUT2D eigenvalue weighted by molar-refractivity contribution is -0.323. The number of rotatable bonds is 4.